The fourth-order valence-electron chi connectivity index (χ4n) is 1.07. The van der Waals surface area contributed by atoms with Gasteiger partial charge in [0.15, 0.2) is 17.7 Å². The zero-order valence-corrected chi connectivity index (χ0v) is 10.6. The van der Waals surface area contributed by atoms with E-state index in [1.807, 2.05) is 0 Å². The van der Waals surface area contributed by atoms with Gasteiger partial charge >= 0.3 is 5.97 Å². The van der Waals surface area contributed by atoms with Gasteiger partial charge in [0.25, 0.3) is 0 Å². The topological polar surface area (TPSA) is 35.5 Å². The van der Waals surface area contributed by atoms with Gasteiger partial charge in [-0.25, -0.2) is 9.18 Å². The van der Waals surface area contributed by atoms with Crippen LogP contribution >= 0.6 is 15.9 Å². The minimum absolute atomic E-state index is 0.0231. The zero-order chi connectivity index (χ0) is 12.1. The number of rotatable bonds is 4. The van der Waals surface area contributed by atoms with E-state index >= 15 is 0 Å². The molecule has 0 aliphatic heterocycles. The van der Waals surface area contributed by atoms with E-state index in [2.05, 4.69) is 15.9 Å². The highest BCUT2D eigenvalue weighted by Crippen LogP contribution is 2.23. The molecule has 0 amide bonds. The zero-order valence-electron chi connectivity index (χ0n) is 9.00. The molecule has 1 aromatic rings. The Labute approximate surface area is 102 Å². The molecule has 0 spiro atoms. The standard InChI is InChI=1S/C11H12BrFO3/c1-3-15-11(14)7(2)16-10-6-8(12)4-5-9(10)13/h4-7H,3H2,1-2H3. The predicted octanol–water partition coefficient (Wildman–Crippen LogP) is 2.92. The highest BCUT2D eigenvalue weighted by Gasteiger charge is 2.17. The van der Waals surface area contributed by atoms with Gasteiger partial charge in [0.2, 0.25) is 0 Å². The molecule has 88 valence electrons. The number of carbonyl (C=O) groups is 1. The third-order valence-electron chi connectivity index (χ3n) is 1.82. The number of hydrogen-bond acceptors (Lipinski definition) is 3. The van der Waals surface area contributed by atoms with Crippen molar-refractivity contribution in [3.8, 4) is 5.75 Å². The maximum absolute atomic E-state index is 13.3. The van der Waals surface area contributed by atoms with Crippen LogP contribution in [0.4, 0.5) is 4.39 Å². The molecule has 0 aromatic heterocycles. The number of halogens is 2. The lowest BCUT2D eigenvalue weighted by Crippen LogP contribution is -2.26. The molecule has 1 rings (SSSR count). The molecule has 0 N–H and O–H groups in total. The van der Waals surface area contributed by atoms with Crippen molar-refractivity contribution in [2.24, 2.45) is 0 Å². The Balaban J connectivity index is 2.72. The van der Waals surface area contributed by atoms with Crippen molar-refractivity contribution in [3.63, 3.8) is 0 Å². The van der Waals surface area contributed by atoms with Gasteiger partial charge in [0.05, 0.1) is 6.61 Å². The largest absolute Gasteiger partial charge is 0.476 e. The van der Waals surface area contributed by atoms with Crippen LogP contribution in [0.5, 0.6) is 5.75 Å². The summed E-state index contributed by atoms with van der Waals surface area (Å²) in [5.74, 6) is -1.00. The summed E-state index contributed by atoms with van der Waals surface area (Å²) in [7, 11) is 0. The molecule has 1 aromatic carbocycles. The maximum atomic E-state index is 13.3. The summed E-state index contributed by atoms with van der Waals surface area (Å²) in [5.41, 5.74) is 0. The van der Waals surface area contributed by atoms with Crippen LogP contribution in [0.2, 0.25) is 0 Å². The molecule has 1 atom stereocenters. The van der Waals surface area contributed by atoms with Crippen LogP contribution in [0.3, 0.4) is 0 Å². The SMILES string of the molecule is CCOC(=O)C(C)Oc1cc(Br)ccc1F. The van der Waals surface area contributed by atoms with Crippen LogP contribution in [0.25, 0.3) is 0 Å². The summed E-state index contributed by atoms with van der Waals surface area (Å²) >= 11 is 3.19. The molecule has 3 nitrogen and oxygen atoms in total. The number of benzene rings is 1. The molecule has 16 heavy (non-hydrogen) atoms. The quantitative estimate of drug-likeness (QED) is 0.800. The second-order valence-electron chi connectivity index (χ2n) is 3.09. The third-order valence-corrected chi connectivity index (χ3v) is 2.31. The van der Waals surface area contributed by atoms with Crippen LogP contribution in [0, 0.1) is 5.82 Å². The minimum Gasteiger partial charge on any atom is -0.476 e. The first-order valence-electron chi connectivity index (χ1n) is 4.83. The van der Waals surface area contributed by atoms with Gasteiger partial charge < -0.3 is 9.47 Å². The number of carbonyl (C=O) groups excluding carboxylic acids is 1. The van der Waals surface area contributed by atoms with Gasteiger partial charge in [-0.15, -0.1) is 0 Å². The number of ether oxygens (including phenoxy) is 2. The molecule has 0 heterocycles. The molecule has 0 radical (unpaired) electrons. The van der Waals surface area contributed by atoms with E-state index in [4.69, 9.17) is 9.47 Å². The first kappa shape index (κ1) is 13.0. The molecule has 0 saturated carbocycles. The van der Waals surface area contributed by atoms with Crippen molar-refractivity contribution in [1.82, 2.24) is 0 Å². The van der Waals surface area contributed by atoms with Crippen LogP contribution in [0.1, 0.15) is 13.8 Å². The average Bonchev–Trinajstić information content (AvgIpc) is 2.23. The lowest BCUT2D eigenvalue weighted by molar-refractivity contribution is -0.150. The van der Waals surface area contributed by atoms with E-state index in [1.54, 1.807) is 13.0 Å². The molecule has 0 aliphatic carbocycles. The smallest absolute Gasteiger partial charge is 0.347 e. The molecule has 0 aliphatic rings. The normalized spacial score (nSPS) is 12.0. The van der Waals surface area contributed by atoms with Crippen molar-refractivity contribution in [1.29, 1.82) is 0 Å². The molecule has 0 fully saturated rings. The Kier molecular flexibility index (Phi) is 4.73. The third kappa shape index (κ3) is 3.48. The van der Waals surface area contributed by atoms with Crippen molar-refractivity contribution >= 4 is 21.9 Å². The van der Waals surface area contributed by atoms with Crippen molar-refractivity contribution in [2.75, 3.05) is 6.61 Å². The number of esters is 1. The van der Waals surface area contributed by atoms with Crippen molar-refractivity contribution in [3.05, 3.63) is 28.5 Å². The van der Waals surface area contributed by atoms with Gasteiger partial charge in [0, 0.05) is 4.47 Å². The second-order valence-corrected chi connectivity index (χ2v) is 4.00. The summed E-state index contributed by atoms with van der Waals surface area (Å²) in [6, 6.07) is 4.28. The van der Waals surface area contributed by atoms with Gasteiger partial charge in [-0.05, 0) is 32.0 Å². The van der Waals surface area contributed by atoms with Crippen LogP contribution in [0.15, 0.2) is 22.7 Å². The lowest BCUT2D eigenvalue weighted by Gasteiger charge is -2.13. The Bertz CT molecular complexity index is 381. The van der Waals surface area contributed by atoms with Gasteiger partial charge in [-0.1, -0.05) is 15.9 Å². The Morgan fingerprint density at radius 2 is 2.25 bits per heavy atom. The summed E-state index contributed by atoms with van der Waals surface area (Å²) in [6.07, 6.45) is -0.830. The monoisotopic (exact) mass is 290 g/mol. The van der Waals surface area contributed by atoms with E-state index in [9.17, 15) is 9.18 Å². The molecular formula is C11H12BrFO3. The van der Waals surface area contributed by atoms with Gasteiger partial charge in [-0.2, -0.15) is 0 Å². The number of hydrogen-bond donors (Lipinski definition) is 0. The average molecular weight is 291 g/mol. The molecule has 1 unspecified atom stereocenters. The first-order chi connectivity index (χ1) is 7.54. The lowest BCUT2D eigenvalue weighted by atomic mass is 10.3. The van der Waals surface area contributed by atoms with E-state index in [1.165, 1.54) is 19.1 Å². The Hall–Kier alpha value is -1.10. The minimum atomic E-state index is -0.830. The molecule has 0 bridgehead atoms. The van der Waals surface area contributed by atoms with Crippen LogP contribution < -0.4 is 4.74 Å². The van der Waals surface area contributed by atoms with Crippen LogP contribution in [-0.2, 0) is 9.53 Å². The fourth-order valence-corrected chi connectivity index (χ4v) is 1.41. The summed E-state index contributed by atoms with van der Waals surface area (Å²) < 4.78 is 23.9. The Morgan fingerprint density at radius 1 is 1.56 bits per heavy atom. The van der Waals surface area contributed by atoms with E-state index < -0.39 is 17.9 Å². The van der Waals surface area contributed by atoms with Gasteiger partial charge in [-0.3, -0.25) is 0 Å². The maximum Gasteiger partial charge on any atom is 0.347 e. The van der Waals surface area contributed by atoms with Crippen molar-refractivity contribution < 1.29 is 18.7 Å². The predicted molar refractivity (Wildman–Crippen MR) is 60.8 cm³/mol. The van der Waals surface area contributed by atoms with E-state index in [0.717, 1.165) is 0 Å². The molecular weight excluding hydrogens is 279 g/mol. The van der Waals surface area contributed by atoms with E-state index in [-0.39, 0.29) is 12.4 Å². The highest BCUT2D eigenvalue weighted by atomic mass is 79.9. The van der Waals surface area contributed by atoms with Crippen molar-refractivity contribution in [2.45, 2.75) is 20.0 Å². The molecule has 0 saturated heterocycles. The molecule has 5 heteroatoms. The summed E-state index contributed by atoms with van der Waals surface area (Å²) in [4.78, 5) is 11.3. The van der Waals surface area contributed by atoms with Gasteiger partial charge in [0.1, 0.15) is 0 Å². The summed E-state index contributed by atoms with van der Waals surface area (Å²) in [5, 5.41) is 0. The van der Waals surface area contributed by atoms with E-state index in [0.29, 0.717) is 4.47 Å². The fraction of sp³-hybridized carbons (Fsp3) is 0.364. The van der Waals surface area contributed by atoms with Crippen LogP contribution in [-0.4, -0.2) is 18.7 Å². The highest BCUT2D eigenvalue weighted by molar-refractivity contribution is 9.10. The second kappa shape index (κ2) is 5.84. The Morgan fingerprint density at radius 3 is 2.88 bits per heavy atom. The summed E-state index contributed by atoms with van der Waals surface area (Å²) in [6.45, 7) is 3.48. The first-order valence-corrected chi connectivity index (χ1v) is 5.62.